The van der Waals surface area contributed by atoms with Crippen LogP contribution in [-0.4, -0.2) is 26.5 Å². The molecule has 7 rings (SSSR count). The van der Waals surface area contributed by atoms with Crippen LogP contribution in [-0.2, 0) is 34.9 Å². The van der Waals surface area contributed by atoms with Gasteiger partial charge in [0, 0.05) is 27.9 Å². The van der Waals surface area contributed by atoms with Crippen molar-refractivity contribution in [3.8, 4) is 5.75 Å². The van der Waals surface area contributed by atoms with Gasteiger partial charge in [-0.05, 0) is 83.2 Å². The van der Waals surface area contributed by atoms with Crippen molar-refractivity contribution in [2.75, 3.05) is 5.32 Å². The molecule has 7 nitrogen and oxygen atoms in total. The van der Waals surface area contributed by atoms with Gasteiger partial charge in [0.2, 0.25) is 5.60 Å². The fourth-order valence-corrected chi connectivity index (χ4v) is 7.54. The minimum absolute atomic E-state index is 0.0277. The summed E-state index contributed by atoms with van der Waals surface area (Å²) in [5.74, 6) is -0.0909. The number of pyridine rings is 1. The molecule has 2 aliphatic rings. The number of anilines is 2. The Labute approximate surface area is 286 Å². The number of ether oxygens (including phenoxy) is 1. The normalized spacial score (nSPS) is 20.4. The summed E-state index contributed by atoms with van der Waals surface area (Å²) >= 11 is 6.72. The Bertz CT molecular complexity index is 2070. The number of fused-ring (bicyclic) bond motifs is 4. The maximum Gasteiger partial charge on any atom is 0.300 e. The van der Waals surface area contributed by atoms with Gasteiger partial charge in [0.05, 0.1) is 12.1 Å². The molecule has 0 radical (unpaired) electrons. The average molecular weight is 664 g/mol. The van der Waals surface area contributed by atoms with Crippen LogP contribution < -0.4 is 10.1 Å². The van der Waals surface area contributed by atoms with E-state index in [2.05, 4.69) is 64.0 Å². The number of aliphatic hydroxyl groups excluding tert-OH is 1. The van der Waals surface area contributed by atoms with Gasteiger partial charge in [-0.1, -0.05) is 89.5 Å². The molecule has 2 N–H and O–H groups in total. The fraction of sp³-hybridized carbons (Fsp3) is 0.375. The number of oxazole rings is 1. The Morgan fingerprint density at radius 3 is 2.44 bits per heavy atom. The first-order valence-electron chi connectivity index (χ1n) is 16.6. The van der Waals surface area contributed by atoms with Crippen LogP contribution in [0.4, 0.5) is 11.7 Å². The average Bonchev–Trinajstić information content (AvgIpc) is 3.41. The summed E-state index contributed by atoms with van der Waals surface area (Å²) in [5.41, 5.74) is 6.44. The zero-order chi connectivity index (χ0) is 34.2. The number of hydrogen-bond donors (Lipinski definition) is 2. The van der Waals surface area contributed by atoms with E-state index in [1.807, 2.05) is 55.5 Å². The number of hydrogen-bond acceptors (Lipinski definition) is 7. The van der Waals surface area contributed by atoms with E-state index in [1.54, 1.807) is 6.07 Å². The van der Waals surface area contributed by atoms with Crippen molar-refractivity contribution in [2.45, 2.75) is 90.3 Å². The largest absolute Gasteiger partial charge is 0.474 e. The second-order valence-corrected chi connectivity index (χ2v) is 15.9. The zero-order valence-electron chi connectivity index (χ0n) is 28.6. The number of carbonyl (C=O) groups excluding carboxylic acids is 1. The number of aryl methyl sites for hydroxylation is 1. The van der Waals surface area contributed by atoms with E-state index >= 15 is 0 Å². The number of Topliss-reactive ketones (excluding diaryl/α,β-unsaturated/α-hetero) is 1. The molecule has 0 spiro atoms. The Morgan fingerprint density at radius 1 is 0.958 bits per heavy atom. The van der Waals surface area contributed by atoms with Crippen LogP contribution in [0.5, 0.6) is 5.75 Å². The number of halogens is 1. The van der Waals surface area contributed by atoms with E-state index in [0.29, 0.717) is 46.1 Å². The molecule has 1 aliphatic heterocycles. The van der Waals surface area contributed by atoms with E-state index < -0.39 is 11.7 Å². The van der Waals surface area contributed by atoms with Gasteiger partial charge in [0.25, 0.3) is 6.01 Å². The highest BCUT2D eigenvalue weighted by Crippen LogP contribution is 2.53. The maximum absolute atomic E-state index is 14.6. The summed E-state index contributed by atoms with van der Waals surface area (Å²) < 4.78 is 13.3. The van der Waals surface area contributed by atoms with Crippen LogP contribution >= 0.6 is 11.6 Å². The van der Waals surface area contributed by atoms with Crippen molar-refractivity contribution >= 4 is 40.2 Å². The summed E-state index contributed by atoms with van der Waals surface area (Å²) in [6, 6.07) is 21.6. The number of rotatable bonds is 5. The Morgan fingerprint density at radius 2 is 1.71 bits per heavy atom. The number of nitrogens with zero attached hydrogens (tertiary/aromatic N) is 2. The highest BCUT2D eigenvalue weighted by Gasteiger charge is 2.59. The Balaban J connectivity index is 1.33. The second kappa shape index (κ2) is 11.5. The van der Waals surface area contributed by atoms with Crippen LogP contribution in [0.2, 0.25) is 5.02 Å². The number of ketones is 1. The monoisotopic (exact) mass is 663 g/mol. The van der Waals surface area contributed by atoms with Crippen LogP contribution in [0.25, 0.3) is 11.1 Å². The van der Waals surface area contributed by atoms with Gasteiger partial charge < -0.3 is 19.6 Å². The quantitative estimate of drug-likeness (QED) is 0.194. The highest BCUT2D eigenvalue weighted by atomic mass is 35.5. The van der Waals surface area contributed by atoms with Crippen LogP contribution in [0.1, 0.15) is 86.9 Å². The molecule has 5 aromatic rings. The highest BCUT2D eigenvalue weighted by molar-refractivity contribution is 6.31. The molecule has 0 fully saturated rings. The molecule has 3 atom stereocenters. The molecule has 0 amide bonds. The molecule has 0 saturated heterocycles. The molecule has 0 bridgehead atoms. The van der Waals surface area contributed by atoms with Gasteiger partial charge >= 0.3 is 0 Å². The molecular formula is C40H42ClN3O4. The van der Waals surface area contributed by atoms with Gasteiger partial charge in [-0.2, -0.15) is 4.98 Å². The van der Waals surface area contributed by atoms with E-state index in [9.17, 15) is 9.90 Å². The van der Waals surface area contributed by atoms with Crippen molar-refractivity contribution in [1.82, 2.24) is 9.97 Å². The molecule has 3 heterocycles. The van der Waals surface area contributed by atoms with Crippen molar-refractivity contribution in [3.63, 3.8) is 0 Å². The van der Waals surface area contributed by atoms with Gasteiger partial charge in [-0.3, -0.25) is 9.78 Å². The van der Waals surface area contributed by atoms with E-state index in [1.165, 1.54) is 5.56 Å². The van der Waals surface area contributed by atoms with Crippen LogP contribution in [0.3, 0.4) is 0 Å². The molecular weight excluding hydrogens is 622 g/mol. The first kappa shape index (κ1) is 32.4. The summed E-state index contributed by atoms with van der Waals surface area (Å²) in [5, 5.41) is 16.0. The third-order valence-corrected chi connectivity index (χ3v) is 10.0. The van der Waals surface area contributed by atoms with Crippen molar-refractivity contribution in [3.05, 3.63) is 111 Å². The summed E-state index contributed by atoms with van der Waals surface area (Å²) in [7, 11) is 0. The van der Waals surface area contributed by atoms with Crippen LogP contribution in [0.15, 0.2) is 71.1 Å². The van der Waals surface area contributed by atoms with E-state index in [-0.39, 0.29) is 35.0 Å². The fourth-order valence-electron chi connectivity index (χ4n) is 7.30. The summed E-state index contributed by atoms with van der Waals surface area (Å²) in [4.78, 5) is 24.0. The Hall–Kier alpha value is -4.20. The first-order chi connectivity index (χ1) is 22.6. The van der Waals surface area contributed by atoms with Crippen molar-refractivity contribution < 1.29 is 19.1 Å². The Kier molecular flexibility index (Phi) is 7.72. The number of carbonyl (C=O) groups is 1. The molecule has 8 heteroatoms. The third kappa shape index (κ3) is 5.57. The molecule has 3 aromatic carbocycles. The van der Waals surface area contributed by atoms with E-state index in [4.69, 9.17) is 25.7 Å². The van der Waals surface area contributed by atoms with Crippen molar-refractivity contribution in [1.29, 1.82) is 0 Å². The summed E-state index contributed by atoms with van der Waals surface area (Å²) in [6.07, 6.45) is -0.0957. The number of benzene rings is 3. The minimum Gasteiger partial charge on any atom is -0.474 e. The van der Waals surface area contributed by atoms with Crippen LogP contribution in [0, 0.1) is 12.8 Å². The van der Waals surface area contributed by atoms with Gasteiger partial charge in [0.15, 0.2) is 11.4 Å². The second-order valence-electron chi connectivity index (χ2n) is 15.4. The topological polar surface area (TPSA) is 97.5 Å². The van der Waals surface area contributed by atoms with Gasteiger partial charge in [-0.15, -0.1) is 0 Å². The standard InChI is InChI=1S/C40H42ClN3O4/c1-22-11-10-13-28(42-22)21-33(45)40-26(15-23-12-8-9-14-29(23)36(40)46)16-24-17-27(41)20-32(34(24)48-40)44-37-43-31-19-25(38(2,3)4)18-30(35(31)47-37)39(5,6)7/h8-14,17-20,26,36,46H,15-16,21H2,1-7H3,(H,43,44)/t26-,36-,40-/m1/s1. The lowest BCUT2D eigenvalue weighted by Gasteiger charge is -2.50. The molecule has 48 heavy (non-hydrogen) atoms. The predicted octanol–water partition coefficient (Wildman–Crippen LogP) is 8.91. The molecule has 248 valence electrons. The number of aromatic nitrogens is 2. The first-order valence-corrected chi connectivity index (χ1v) is 17.0. The number of nitrogens with one attached hydrogen (secondary N) is 1. The lowest BCUT2D eigenvalue weighted by molar-refractivity contribution is -0.160. The number of aliphatic hydroxyl groups is 1. The lowest BCUT2D eigenvalue weighted by atomic mass is 9.64. The summed E-state index contributed by atoms with van der Waals surface area (Å²) in [6.45, 7) is 15.0. The molecule has 1 aliphatic carbocycles. The molecule has 2 aromatic heterocycles. The smallest absolute Gasteiger partial charge is 0.300 e. The third-order valence-electron chi connectivity index (χ3n) is 9.83. The zero-order valence-corrected chi connectivity index (χ0v) is 29.3. The van der Waals surface area contributed by atoms with Gasteiger partial charge in [-0.25, -0.2) is 0 Å². The van der Waals surface area contributed by atoms with Crippen molar-refractivity contribution in [2.24, 2.45) is 5.92 Å². The SMILES string of the molecule is Cc1cccc(CC(=O)[C@]23Oc4c(cc(Cl)cc4Nc4nc5cc(C(C)(C)C)cc(C(C)(C)C)c5o4)C[C@H]2Cc2ccccc2[C@H]3O)n1. The molecule has 0 saturated carbocycles. The maximum atomic E-state index is 14.6. The molecule has 0 unspecified atom stereocenters. The minimum atomic E-state index is -1.54. The van der Waals surface area contributed by atoms with Gasteiger partial charge in [0.1, 0.15) is 17.4 Å². The predicted molar refractivity (Wildman–Crippen MR) is 189 cm³/mol. The van der Waals surface area contributed by atoms with E-state index in [0.717, 1.165) is 27.9 Å². The lowest BCUT2D eigenvalue weighted by Crippen LogP contribution is -2.61.